The molecule has 0 spiro atoms. The van der Waals surface area contributed by atoms with Crippen molar-refractivity contribution in [2.45, 2.75) is 24.9 Å². The van der Waals surface area contributed by atoms with Crippen molar-refractivity contribution in [3.8, 4) is 11.4 Å². The van der Waals surface area contributed by atoms with Crippen LogP contribution in [0.1, 0.15) is 19.8 Å². The molecule has 1 aromatic heterocycles. The van der Waals surface area contributed by atoms with Gasteiger partial charge in [0.25, 0.3) is 0 Å². The molecule has 5 nitrogen and oxygen atoms in total. The van der Waals surface area contributed by atoms with E-state index in [1.807, 2.05) is 0 Å². The highest BCUT2D eigenvalue weighted by atomic mass is 32.2. The van der Waals surface area contributed by atoms with E-state index in [4.69, 9.17) is 0 Å². The molecule has 2 rings (SSSR count). The Balaban J connectivity index is 2.00. The summed E-state index contributed by atoms with van der Waals surface area (Å²) in [6, 6.07) is 6.43. The lowest BCUT2D eigenvalue weighted by molar-refractivity contribution is -0.118. The summed E-state index contributed by atoms with van der Waals surface area (Å²) in [5.41, 5.74) is 0.400. The first-order valence-corrected chi connectivity index (χ1v) is 8.15. The maximum Gasteiger partial charge on any atom is 0.230 e. The van der Waals surface area contributed by atoms with Gasteiger partial charge in [-0.15, -0.1) is 10.2 Å². The highest BCUT2D eigenvalue weighted by Crippen LogP contribution is 2.24. The van der Waals surface area contributed by atoms with E-state index >= 15 is 0 Å². The zero-order valence-corrected chi connectivity index (χ0v) is 13.5. The Morgan fingerprint density at radius 3 is 2.86 bits per heavy atom. The predicted molar refractivity (Wildman–Crippen MR) is 85.0 cm³/mol. The van der Waals surface area contributed by atoms with Gasteiger partial charge in [-0.25, -0.2) is 4.39 Å². The number of hydrogen-bond donors (Lipinski definition) is 1. The van der Waals surface area contributed by atoms with Crippen LogP contribution in [0.2, 0.25) is 0 Å². The van der Waals surface area contributed by atoms with Crippen LogP contribution >= 0.6 is 11.8 Å². The smallest absolute Gasteiger partial charge is 0.230 e. The Hall–Kier alpha value is -1.89. The van der Waals surface area contributed by atoms with Crippen LogP contribution in [0.25, 0.3) is 11.4 Å². The van der Waals surface area contributed by atoms with E-state index in [0.29, 0.717) is 23.1 Å². The predicted octanol–water partition coefficient (Wildman–Crippen LogP) is 2.63. The van der Waals surface area contributed by atoms with Crippen LogP contribution in [0.5, 0.6) is 0 Å². The first-order valence-electron chi connectivity index (χ1n) is 7.17. The average Bonchev–Trinajstić information content (AvgIpc) is 2.87. The zero-order valence-electron chi connectivity index (χ0n) is 12.7. The molecule has 1 heterocycles. The summed E-state index contributed by atoms with van der Waals surface area (Å²) in [6.07, 6.45) is 2.01. The average molecular weight is 322 g/mol. The van der Waals surface area contributed by atoms with Crippen molar-refractivity contribution in [3.63, 3.8) is 0 Å². The minimum Gasteiger partial charge on any atom is -0.355 e. The summed E-state index contributed by atoms with van der Waals surface area (Å²) >= 11 is 1.29. The number of amides is 1. The van der Waals surface area contributed by atoms with Crippen molar-refractivity contribution < 1.29 is 9.18 Å². The molecule has 0 aliphatic heterocycles. The molecule has 0 saturated heterocycles. The standard InChI is InChI=1S/C15H19FN4OS/c1-3-4-9-17-13(21)10-22-15-19-18-14(20(15)2)11-7-5-6-8-12(11)16/h5-8H,3-4,9-10H2,1-2H3,(H,17,21). The van der Waals surface area contributed by atoms with E-state index in [2.05, 4.69) is 22.4 Å². The van der Waals surface area contributed by atoms with Gasteiger partial charge in [0.2, 0.25) is 5.91 Å². The fourth-order valence-electron chi connectivity index (χ4n) is 1.90. The lowest BCUT2D eigenvalue weighted by atomic mass is 10.2. The van der Waals surface area contributed by atoms with Crippen molar-refractivity contribution in [2.75, 3.05) is 12.3 Å². The Labute approximate surface area is 133 Å². The molecule has 0 aliphatic carbocycles. The van der Waals surface area contributed by atoms with E-state index in [1.54, 1.807) is 29.8 Å². The van der Waals surface area contributed by atoms with Gasteiger partial charge < -0.3 is 9.88 Å². The SMILES string of the molecule is CCCCNC(=O)CSc1nnc(-c2ccccc2F)n1C. The number of halogens is 1. The van der Waals surface area contributed by atoms with Crippen molar-refractivity contribution in [1.29, 1.82) is 0 Å². The Morgan fingerprint density at radius 1 is 1.36 bits per heavy atom. The monoisotopic (exact) mass is 322 g/mol. The van der Waals surface area contributed by atoms with Gasteiger partial charge in [-0.05, 0) is 18.6 Å². The van der Waals surface area contributed by atoms with Crippen LogP contribution in [0.4, 0.5) is 4.39 Å². The van der Waals surface area contributed by atoms with Crippen molar-refractivity contribution in [3.05, 3.63) is 30.1 Å². The molecule has 1 amide bonds. The van der Waals surface area contributed by atoms with E-state index in [-0.39, 0.29) is 17.5 Å². The molecule has 0 fully saturated rings. The molecule has 0 radical (unpaired) electrons. The van der Waals surface area contributed by atoms with Crippen molar-refractivity contribution in [1.82, 2.24) is 20.1 Å². The molecule has 0 bridgehead atoms. The fraction of sp³-hybridized carbons (Fsp3) is 0.400. The van der Waals surface area contributed by atoms with Crippen LogP contribution in [-0.2, 0) is 11.8 Å². The lowest BCUT2D eigenvalue weighted by Crippen LogP contribution is -2.26. The molecular weight excluding hydrogens is 303 g/mol. The van der Waals surface area contributed by atoms with Gasteiger partial charge in [-0.3, -0.25) is 4.79 Å². The van der Waals surface area contributed by atoms with Crippen LogP contribution in [-0.4, -0.2) is 33.0 Å². The Bertz CT molecular complexity index is 644. The maximum absolute atomic E-state index is 13.8. The van der Waals surface area contributed by atoms with Crippen molar-refractivity contribution >= 4 is 17.7 Å². The van der Waals surface area contributed by atoms with Gasteiger partial charge in [0, 0.05) is 13.6 Å². The molecule has 1 aromatic carbocycles. The molecule has 0 atom stereocenters. The number of carbonyl (C=O) groups is 1. The quantitative estimate of drug-likeness (QED) is 0.629. The Morgan fingerprint density at radius 2 is 2.14 bits per heavy atom. The Kier molecular flexibility index (Phi) is 5.94. The van der Waals surface area contributed by atoms with Gasteiger partial charge >= 0.3 is 0 Å². The second kappa shape index (κ2) is 7.93. The summed E-state index contributed by atoms with van der Waals surface area (Å²) in [5, 5.41) is 11.5. The van der Waals surface area contributed by atoms with Gasteiger partial charge in [-0.1, -0.05) is 37.2 Å². The number of carbonyl (C=O) groups excluding carboxylic acids is 1. The summed E-state index contributed by atoms with van der Waals surface area (Å²) < 4.78 is 15.5. The topological polar surface area (TPSA) is 59.8 Å². The van der Waals surface area contributed by atoms with E-state index in [1.165, 1.54) is 17.8 Å². The number of nitrogens with zero attached hydrogens (tertiary/aromatic N) is 3. The largest absolute Gasteiger partial charge is 0.355 e. The number of unbranched alkanes of at least 4 members (excludes halogenated alkanes) is 1. The van der Waals surface area contributed by atoms with Crippen LogP contribution in [0.15, 0.2) is 29.4 Å². The number of rotatable bonds is 7. The second-order valence-electron chi connectivity index (χ2n) is 4.84. The molecule has 118 valence electrons. The minimum absolute atomic E-state index is 0.0334. The minimum atomic E-state index is -0.341. The number of thioether (sulfide) groups is 1. The molecule has 2 aromatic rings. The number of aromatic nitrogens is 3. The highest BCUT2D eigenvalue weighted by molar-refractivity contribution is 7.99. The summed E-state index contributed by atoms with van der Waals surface area (Å²) in [4.78, 5) is 11.7. The third-order valence-electron chi connectivity index (χ3n) is 3.13. The highest BCUT2D eigenvalue weighted by Gasteiger charge is 2.15. The van der Waals surface area contributed by atoms with E-state index in [0.717, 1.165) is 12.8 Å². The normalized spacial score (nSPS) is 10.7. The van der Waals surface area contributed by atoms with Gasteiger partial charge in [0.1, 0.15) is 5.82 Å². The van der Waals surface area contributed by atoms with Gasteiger partial charge in [0.15, 0.2) is 11.0 Å². The molecule has 0 aliphatic rings. The molecule has 0 unspecified atom stereocenters. The first-order chi connectivity index (χ1) is 10.6. The van der Waals surface area contributed by atoms with Crippen LogP contribution < -0.4 is 5.32 Å². The van der Waals surface area contributed by atoms with Crippen LogP contribution in [0.3, 0.4) is 0 Å². The van der Waals surface area contributed by atoms with Gasteiger partial charge in [-0.2, -0.15) is 0 Å². The van der Waals surface area contributed by atoms with Gasteiger partial charge in [0.05, 0.1) is 11.3 Å². The molecular formula is C15H19FN4OS. The summed E-state index contributed by atoms with van der Waals surface area (Å²) in [7, 11) is 1.76. The molecule has 7 heteroatoms. The summed E-state index contributed by atoms with van der Waals surface area (Å²) in [5.74, 6) is 0.347. The van der Waals surface area contributed by atoms with E-state index < -0.39 is 0 Å². The van der Waals surface area contributed by atoms with E-state index in [9.17, 15) is 9.18 Å². The first kappa shape index (κ1) is 16.5. The number of hydrogen-bond acceptors (Lipinski definition) is 4. The molecule has 22 heavy (non-hydrogen) atoms. The number of nitrogens with one attached hydrogen (secondary N) is 1. The van der Waals surface area contributed by atoms with Crippen LogP contribution in [0, 0.1) is 5.82 Å². The summed E-state index contributed by atoms with van der Waals surface area (Å²) in [6.45, 7) is 2.76. The van der Waals surface area contributed by atoms with Crippen molar-refractivity contribution in [2.24, 2.45) is 7.05 Å². The maximum atomic E-state index is 13.8. The third kappa shape index (κ3) is 4.07. The number of benzene rings is 1. The lowest BCUT2D eigenvalue weighted by Gasteiger charge is -2.05. The zero-order chi connectivity index (χ0) is 15.9. The third-order valence-corrected chi connectivity index (χ3v) is 4.15. The molecule has 0 saturated carbocycles. The fourth-order valence-corrected chi connectivity index (χ4v) is 2.64. The second-order valence-corrected chi connectivity index (χ2v) is 5.78. The molecule has 1 N–H and O–H groups in total.